The molecular formula is C14H18N2O5. The minimum absolute atomic E-state index is 0.195. The summed E-state index contributed by atoms with van der Waals surface area (Å²) in [6, 6.07) is 1.31. The van der Waals surface area contributed by atoms with Crippen LogP contribution in [0.2, 0.25) is 0 Å². The van der Waals surface area contributed by atoms with Gasteiger partial charge in [0.05, 0.1) is 6.61 Å². The van der Waals surface area contributed by atoms with Gasteiger partial charge in [0.15, 0.2) is 12.0 Å². The maximum absolute atomic E-state index is 12.0. The lowest BCUT2D eigenvalue weighted by Crippen LogP contribution is -2.45. The average Bonchev–Trinajstić information content (AvgIpc) is 3.05. The zero-order chi connectivity index (χ0) is 14.7. The van der Waals surface area contributed by atoms with Crippen LogP contribution in [0, 0.1) is 0 Å². The van der Waals surface area contributed by atoms with Gasteiger partial charge in [0.25, 0.3) is 5.56 Å². The van der Waals surface area contributed by atoms with Gasteiger partial charge in [-0.2, -0.15) is 0 Å². The molecule has 1 aliphatic carbocycles. The van der Waals surface area contributed by atoms with E-state index in [-0.39, 0.29) is 6.10 Å². The van der Waals surface area contributed by atoms with Crippen molar-refractivity contribution in [1.82, 2.24) is 9.55 Å². The average molecular weight is 294 g/mol. The summed E-state index contributed by atoms with van der Waals surface area (Å²) in [6.07, 6.45) is 4.60. The Morgan fingerprint density at radius 1 is 1.33 bits per heavy atom. The van der Waals surface area contributed by atoms with Crippen molar-refractivity contribution in [2.45, 2.75) is 56.3 Å². The summed E-state index contributed by atoms with van der Waals surface area (Å²) in [5.41, 5.74) is -1.64. The summed E-state index contributed by atoms with van der Waals surface area (Å²) in [7, 11) is 0. The summed E-state index contributed by atoms with van der Waals surface area (Å²) in [6.45, 7) is 2.30. The van der Waals surface area contributed by atoms with Gasteiger partial charge >= 0.3 is 5.69 Å². The van der Waals surface area contributed by atoms with E-state index >= 15 is 0 Å². The lowest BCUT2D eigenvalue weighted by atomic mass is 10.0. The Morgan fingerprint density at radius 2 is 2.10 bits per heavy atom. The van der Waals surface area contributed by atoms with Crippen molar-refractivity contribution in [3.8, 4) is 0 Å². The highest BCUT2D eigenvalue weighted by atomic mass is 16.8. The Bertz CT molecular complexity index is 674. The molecule has 0 radical (unpaired) electrons. The molecule has 1 N–H and O–H groups in total. The van der Waals surface area contributed by atoms with Crippen LogP contribution in [0.4, 0.5) is 0 Å². The number of nitrogens with one attached hydrogen (secondary N) is 1. The minimum Gasteiger partial charge on any atom is -0.352 e. The Labute approximate surface area is 120 Å². The smallest absolute Gasteiger partial charge is 0.330 e. The van der Waals surface area contributed by atoms with Gasteiger partial charge in [0, 0.05) is 25.1 Å². The highest BCUT2D eigenvalue weighted by Crippen LogP contribution is 2.52. The third kappa shape index (κ3) is 1.84. The predicted molar refractivity (Wildman–Crippen MR) is 71.9 cm³/mol. The van der Waals surface area contributed by atoms with Crippen LogP contribution in [-0.2, 0) is 14.2 Å². The van der Waals surface area contributed by atoms with E-state index in [1.165, 1.54) is 16.8 Å². The molecule has 3 heterocycles. The highest BCUT2D eigenvalue weighted by Gasteiger charge is 2.63. The molecule has 3 atom stereocenters. The van der Waals surface area contributed by atoms with E-state index in [0.717, 1.165) is 25.7 Å². The van der Waals surface area contributed by atoms with Gasteiger partial charge in [-0.25, -0.2) is 4.79 Å². The number of H-pyrrole nitrogens is 1. The molecule has 1 aromatic rings. The fourth-order valence-electron chi connectivity index (χ4n) is 3.72. The largest absolute Gasteiger partial charge is 0.352 e. The third-order valence-corrected chi connectivity index (χ3v) is 4.77. The Morgan fingerprint density at radius 3 is 2.81 bits per heavy atom. The van der Waals surface area contributed by atoms with Crippen molar-refractivity contribution in [2.24, 2.45) is 0 Å². The van der Waals surface area contributed by atoms with E-state index in [4.69, 9.17) is 14.2 Å². The fraction of sp³-hybridized carbons (Fsp3) is 0.714. The second kappa shape index (κ2) is 4.28. The van der Waals surface area contributed by atoms with E-state index in [9.17, 15) is 9.59 Å². The van der Waals surface area contributed by atoms with Crippen LogP contribution >= 0.6 is 0 Å². The van der Waals surface area contributed by atoms with Crippen molar-refractivity contribution in [1.29, 1.82) is 0 Å². The van der Waals surface area contributed by atoms with Gasteiger partial charge in [-0.05, 0) is 19.8 Å². The molecule has 1 saturated carbocycles. The number of aromatic amines is 1. The van der Waals surface area contributed by atoms with Crippen molar-refractivity contribution in [3.63, 3.8) is 0 Å². The highest BCUT2D eigenvalue weighted by molar-refractivity contribution is 5.05. The predicted octanol–water partition coefficient (Wildman–Crippen LogP) is 0.510. The van der Waals surface area contributed by atoms with Gasteiger partial charge in [-0.15, -0.1) is 0 Å². The van der Waals surface area contributed by atoms with Crippen LogP contribution in [-0.4, -0.2) is 33.7 Å². The second-order valence-corrected chi connectivity index (χ2v) is 6.21. The number of hydrogen-bond acceptors (Lipinski definition) is 5. The lowest BCUT2D eigenvalue weighted by molar-refractivity contribution is -0.221. The fourth-order valence-corrected chi connectivity index (χ4v) is 3.72. The van der Waals surface area contributed by atoms with Gasteiger partial charge in [-0.3, -0.25) is 14.3 Å². The molecule has 114 valence electrons. The zero-order valence-corrected chi connectivity index (χ0v) is 11.8. The molecule has 3 fully saturated rings. The van der Waals surface area contributed by atoms with Crippen molar-refractivity contribution >= 4 is 0 Å². The van der Waals surface area contributed by atoms with Gasteiger partial charge in [0.2, 0.25) is 0 Å². The maximum Gasteiger partial charge on any atom is 0.330 e. The first-order valence-electron chi connectivity index (χ1n) is 7.34. The summed E-state index contributed by atoms with van der Waals surface area (Å²) in [5.74, 6) is -0.521. The number of rotatable bonds is 1. The Hall–Kier alpha value is -1.44. The summed E-state index contributed by atoms with van der Waals surface area (Å²) in [4.78, 5) is 25.5. The second-order valence-electron chi connectivity index (χ2n) is 6.21. The van der Waals surface area contributed by atoms with Crippen molar-refractivity contribution in [2.75, 3.05) is 6.61 Å². The van der Waals surface area contributed by atoms with E-state index in [2.05, 4.69) is 4.98 Å². The maximum atomic E-state index is 12.0. The van der Waals surface area contributed by atoms with Crippen LogP contribution in [0.15, 0.2) is 21.9 Å². The molecule has 3 aliphatic rings. The molecule has 0 unspecified atom stereocenters. The Balaban J connectivity index is 1.71. The molecule has 1 aromatic heterocycles. The molecule has 7 heteroatoms. The van der Waals surface area contributed by atoms with Crippen molar-refractivity contribution in [3.05, 3.63) is 33.1 Å². The normalized spacial score (nSPS) is 37.2. The molecule has 0 amide bonds. The van der Waals surface area contributed by atoms with Gasteiger partial charge in [-0.1, -0.05) is 0 Å². The topological polar surface area (TPSA) is 82.6 Å². The summed E-state index contributed by atoms with van der Waals surface area (Å²) in [5, 5.41) is 0. The van der Waals surface area contributed by atoms with Crippen LogP contribution in [0.3, 0.4) is 0 Å². The first-order valence-corrected chi connectivity index (χ1v) is 7.34. The van der Waals surface area contributed by atoms with E-state index in [1.807, 2.05) is 6.92 Å². The quantitative estimate of drug-likeness (QED) is 0.816. The van der Waals surface area contributed by atoms with Crippen LogP contribution < -0.4 is 11.2 Å². The minimum atomic E-state index is -0.716. The molecule has 7 nitrogen and oxygen atoms in total. The first kappa shape index (κ1) is 13.2. The van der Waals surface area contributed by atoms with Crippen LogP contribution in [0.25, 0.3) is 0 Å². The van der Waals surface area contributed by atoms with Crippen LogP contribution in [0.5, 0.6) is 0 Å². The zero-order valence-electron chi connectivity index (χ0n) is 11.8. The van der Waals surface area contributed by atoms with E-state index < -0.39 is 28.9 Å². The van der Waals surface area contributed by atoms with E-state index in [1.54, 1.807) is 0 Å². The Kier molecular flexibility index (Phi) is 2.70. The number of hydrogen-bond donors (Lipinski definition) is 1. The first-order chi connectivity index (χ1) is 10.0. The number of fused-ring (bicyclic) bond motifs is 1. The van der Waals surface area contributed by atoms with Crippen molar-refractivity contribution < 1.29 is 14.2 Å². The number of nitrogens with zero attached hydrogens (tertiary/aromatic N) is 1. The monoisotopic (exact) mass is 294 g/mol. The molecule has 1 spiro atoms. The summed E-state index contributed by atoms with van der Waals surface area (Å²) < 4.78 is 19.5. The molecule has 4 rings (SSSR count). The molecule has 2 aliphatic heterocycles. The molecule has 0 bridgehead atoms. The summed E-state index contributed by atoms with van der Waals surface area (Å²) >= 11 is 0. The third-order valence-electron chi connectivity index (χ3n) is 4.77. The molecule has 0 aromatic carbocycles. The molecule has 21 heavy (non-hydrogen) atoms. The number of ether oxygens (including phenoxy) is 3. The molecule has 2 saturated heterocycles. The van der Waals surface area contributed by atoms with E-state index in [0.29, 0.717) is 6.61 Å². The standard InChI is InChI=1S/C14H18N2O5/c1-13-9(20-14(21-13)5-2-3-6-14)8-19-11(13)16-7-4-10(17)15-12(16)18/h4,7,9,11H,2-3,5-6,8H2,1H3,(H,15,17,18)/t9-,11-,13-/m1/s1. The lowest BCUT2D eigenvalue weighted by Gasteiger charge is -2.31. The van der Waals surface area contributed by atoms with Gasteiger partial charge < -0.3 is 14.2 Å². The SMILES string of the molecule is C[C@@]12OC3(CCCC3)O[C@@H]1CO[C@H]2n1ccc(=O)[nH]c1=O. The van der Waals surface area contributed by atoms with Crippen LogP contribution in [0.1, 0.15) is 38.8 Å². The molecular weight excluding hydrogens is 276 g/mol. The number of aromatic nitrogens is 2. The van der Waals surface area contributed by atoms with Gasteiger partial charge in [0.1, 0.15) is 11.7 Å².